The summed E-state index contributed by atoms with van der Waals surface area (Å²) in [5.41, 5.74) is 6.17. The summed E-state index contributed by atoms with van der Waals surface area (Å²) < 4.78 is 11.4. The summed E-state index contributed by atoms with van der Waals surface area (Å²) in [5.74, 6) is 0.0472. The van der Waals surface area contributed by atoms with Crippen molar-refractivity contribution in [1.29, 1.82) is 0 Å². The van der Waals surface area contributed by atoms with E-state index in [1.165, 1.54) is 5.57 Å². The van der Waals surface area contributed by atoms with E-state index in [4.69, 9.17) is 14.1 Å². The fraction of sp³-hybridized carbons (Fsp3) is 0.143. The SMILES string of the molecule is O=C1Nc2ccccc2C(c2ccccc2)=NC1Nc1nnc(-c2ccccc2C2=CCOCC2)o1. The van der Waals surface area contributed by atoms with Crippen molar-refractivity contribution >= 4 is 28.9 Å². The van der Waals surface area contributed by atoms with Gasteiger partial charge in [0, 0.05) is 16.7 Å². The van der Waals surface area contributed by atoms with Crippen LogP contribution in [0.4, 0.5) is 11.7 Å². The van der Waals surface area contributed by atoms with E-state index in [0.29, 0.717) is 30.5 Å². The van der Waals surface area contributed by atoms with Crippen molar-refractivity contribution < 1.29 is 13.9 Å². The van der Waals surface area contributed by atoms with Crippen LogP contribution in [-0.4, -0.2) is 41.2 Å². The normalized spacial score (nSPS) is 17.3. The number of benzodiazepines with no additional fused rings is 1. The topological polar surface area (TPSA) is 102 Å². The zero-order valence-corrected chi connectivity index (χ0v) is 19.3. The summed E-state index contributed by atoms with van der Waals surface area (Å²) >= 11 is 0. The summed E-state index contributed by atoms with van der Waals surface area (Å²) in [6, 6.07) is 25.4. The van der Waals surface area contributed by atoms with Gasteiger partial charge in [0.15, 0.2) is 0 Å². The Hall–Kier alpha value is -4.56. The average Bonchev–Trinajstić information content (AvgIpc) is 3.35. The Balaban J connectivity index is 1.33. The second-order valence-corrected chi connectivity index (χ2v) is 8.44. The molecule has 6 rings (SSSR count). The van der Waals surface area contributed by atoms with Crippen LogP contribution >= 0.6 is 0 Å². The average molecular weight is 478 g/mol. The molecule has 8 heteroatoms. The van der Waals surface area contributed by atoms with Gasteiger partial charge in [-0.2, -0.15) is 0 Å². The number of ether oxygens (including phenoxy) is 1. The first-order valence-electron chi connectivity index (χ1n) is 11.8. The standard InChI is InChI=1S/C28H23N5O3/c34-26-25(30-24(19-8-2-1-3-9-19)22-12-6-7-13-23(22)29-26)31-28-33-32-27(36-28)21-11-5-4-10-20(21)18-14-16-35-17-15-18/h1-14,25H,15-17H2,(H,29,34)(H,31,33). The number of fused-ring (bicyclic) bond motifs is 1. The number of anilines is 2. The molecule has 3 heterocycles. The molecule has 36 heavy (non-hydrogen) atoms. The van der Waals surface area contributed by atoms with Crippen LogP contribution in [-0.2, 0) is 9.53 Å². The number of aromatic nitrogens is 2. The molecular weight excluding hydrogens is 454 g/mol. The highest BCUT2D eigenvalue weighted by Gasteiger charge is 2.27. The van der Waals surface area contributed by atoms with Crippen LogP contribution < -0.4 is 10.6 Å². The number of carbonyl (C=O) groups excluding carboxylic acids is 1. The van der Waals surface area contributed by atoms with Crippen LogP contribution in [0.3, 0.4) is 0 Å². The number of hydrogen-bond donors (Lipinski definition) is 2. The minimum atomic E-state index is -0.964. The number of rotatable bonds is 5. The molecule has 1 unspecified atom stereocenters. The molecule has 1 amide bonds. The molecule has 0 spiro atoms. The highest BCUT2D eigenvalue weighted by atomic mass is 16.5. The predicted molar refractivity (Wildman–Crippen MR) is 138 cm³/mol. The Labute approximate surface area is 207 Å². The smallest absolute Gasteiger partial charge is 0.317 e. The lowest BCUT2D eigenvalue weighted by atomic mass is 9.96. The zero-order valence-electron chi connectivity index (χ0n) is 19.3. The number of nitrogens with one attached hydrogen (secondary N) is 2. The summed E-state index contributed by atoms with van der Waals surface area (Å²) in [7, 11) is 0. The van der Waals surface area contributed by atoms with Gasteiger partial charge in [0.2, 0.25) is 12.1 Å². The fourth-order valence-electron chi connectivity index (χ4n) is 4.41. The van der Waals surface area contributed by atoms with Crippen LogP contribution in [0.1, 0.15) is 23.1 Å². The third-order valence-corrected chi connectivity index (χ3v) is 6.15. The summed E-state index contributed by atoms with van der Waals surface area (Å²) in [6.07, 6.45) is 1.93. The van der Waals surface area contributed by atoms with Gasteiger partial charge in [-0.05, 0) is 29.7 Å². The summed E-state index contributed by atoms with van der Waals surface area (Å²) in [4.78, 5) is 17.9. The second kappa shape index (κ2) is 9.59. The van der Waals surface area contributed by atoms with Crippen molar-refractivity contribution in [1.82, 2.24) is 10.2 Å². The third kappa shape index (κ3) is 4.30. The molecule has 0 saturated carbocycles. The molecule has 178 valence electrons. The Kier molecular flexibility index (Phi) is 5.85. The molecule has 0 radical (unpaired) electrons. The molecular formula is C28H23N5O3. The number of benzene rings is 3. The van der Waals surface area contributed by atoms with E-state index in [1.54, 1.807) is 0 Å². The molecule has 0 fully saturated rings. The van der Waals surface area contributed by atoms with Crippen molar-refractivity contribution in [3.05, 3.63) is 102 Å². The highest BCUT2D eigenvalue weighted by Crippen LogP contribution is 2.32. The number of para-hydroxylation sites is 1. The van der Waals surface area contributed by atoms with E-state index in [2.05, 4.69) is 26.9 Å². The van der Waals surface area contributed by atoms with E-state index >= 15 is 0 Å². The molecule has 0 bridgehead atoms. The van der Waals surface area contributed by atoms with Crippen molar-refractivity contribution in [2.45, 2.75) is 12.6 Å². The van der Waals surface area contributed by atoms with E-state index in [1.807, 2.05) is 78.9 Å². The maximum atomic E-state index is 13.1. The van der Waals surface area contributed by atoms with E-state index < -0.39 is 6.17 Å². The fourth-order valence-corrected chi connectivity index (χ4v) is 4.41. The molecule has 4 aromatic rings. The predicted octanol–water partition coefficient (Wildman–Crippen LogP) is 4.77. The first-order valence-corrected chi connectivity index (χ1v) is 11.8. The van der Waals surface area contributed by atoms with Crippen molar-refractivity contribution in [2.75, 3.05) is 23.8 Å². The Bertz CT molecular complexity index is 1480. The molecule has 0 aliphatic carbocycles. The summed E-state index contributed by atoms with van der Waals surface area (Å²) in [5, 5.41) is 14.4. The Morgan fingerprint density at radius 1 is 0.861 bits per heavy atom. The van der Waals surface area contributed by atoms with Crippen LogP contribution in [0.5, 0.6) is 0 Å². The van der Waals surface area contributed by atoms with Gasteiger partial charge in [0.1, 0.15) is 0 Å². The molecule has 1 aromatic heterocycles. The van der Waals surface area contributed by atoms with Gasteiger partial charge in [-0.15, -0.1) is 5.10 Å². The van der Waals surface area contributed by atoms with Crippen molar-refractivity contribution in [3.8, 4) is 11.5 Å². The van der Waals surface area contributed by atoms with Gasteiger partial charge < -0.3 is 19.8 Å². The van der Waals surface area contributed by atoms with Gasteiger partial charge in [-0.3, -0.25) is 4.79 Å². The second-order valence-electron chi connectivity index (χ2n) is 8.44. The van der Waals surface area contributed by atoms with Gasteiger partial charge >= 0.3 is 6.01 Å². The lowest BCUT2D eigenvalue weighted by Gasteiger charge is -2.15. The third-order valence-electron chi connectivity index (χ3n) is 6.15. The van der Waals surface area contributed by atoms with Crippen LogP contribution in [0.15, 0.2) is 94.3 Å². The number of carbonyl (C=O) groups is 1. The maximum absolute atomic E-state index is 13.1. The molecule has 2 N–H and O–H groups in total. The molecule has 3 aromatic carbocycles. The number of hydrogen-bond acceptors (Lipinski definition) is 7. The van der Waals surface area contributed by atoms with E-state index in [0.717, 1.165) is 28.7 Å². The number of amides is 1. The summed E-state index contributed by atoms with van der Waals surface area (Å²) in [6.45, 7) is 1.26. The molecule has 0 saturated heterocycles. The Morgan fingerprint density at radius 2 is 1.61 bits per heavy atom. The van der Waals surface area contributed by atoms with E-state index in [9.17, 15) is 4.79 Å². The van der Waals surface area contributed by atoms with Crippen LogP contribution in [0.25, 0.3) is 17.0 Å². The van der Waals surface area contributed by atoms with Gasteiger partial charge in [-0.25, -0.2) is 4.99 Å². The van der Waals surface area contributed by atoms with Crippen molar-refractivity contribution in [3.63, 3.8) is 0 Å². The van der Waals surface area contributed by atoms with Gasteiger partial charge in [0.05, 0.1) is 24.6 Å². The quantitative estimate of drug-likeness (QED) is 0.429. The Morgan fingerprint density at radius 3 is 2.42 bits per heavy atom. The number of aliphatic imine (C=N–C) groups is 1. The van der Waals surface area contributed by atoms with Gasteiger partial charge in [0.25, 0.3) is 5.91 Å². The monoisotopic (exact) mass is 477 g/mol. The lowest BCUT2D eigenvalue weighted by Crippen LogP contribution is -2.32. The largest absolute Gasteiger partial charge is 0.403 e. The van der Waals surface area contributed by atoms with Crippen LogP contribution in [0.2, 0.25) is 0 Å². The minimum Gasteiger partial charge on any atom is -0.403 e. The zero-order chi connectivity index (χ0) is 24.3. The molecule has 1 atom stereocenters. The van der Waals surface area contributed by atoms with Crippen molar-refractivity contribution in [2.24, 2.45) is 4.99 Å². The molecule has 8 nitrogen and oxygen atoms in total. The molecule has 2 aliphatic heterocycles. The maximum Gasteiger partial charge on any atom is 0.317 e. The first kappa shape index (κ1) is 21.9. The lowest BCUT2D eigenvalue weighted by molar-refractivity contribution is -0.116. The van der Waals surface area contributed by atoms with Gasteiger partial charge in [-0.1, -0.05) is 77.9 Å². The number of nitrogens with zero attached hydrogens (tertiary/aromatic N) is 3. The molecule has 2 aliphatic rings. The minimum absolute atomic E-state index is 0.114. The van der Waals surface area contributed by atoms with Crippen LogP contribution in [0, 0.1) is 0 Å². The van der Waals surface area contributed by atoms with E-state index in [-0.39, 0.29) is 11.9 Å². The first-order chi connectivity index (χ1) is 17.8. The highest BCUT2D eigenvalue weighted by molar-refractivity contribution is 6.19.